The number of ether oxygens (including phenoxy) is 1. The molecule has 0 amide bonds. The third kappa shape index (κ3) is 4.21. The van der Waals surface area contributed by atoms with Crippen LogP contribution in [-0.2, 0) is 6.54 Å². The molecule has 1 aromatic heterocycles. The van der Waals surface area contributed by atoms with Crippen molar-refractivity contribution < 1.29 is 23.4 Å². The number of halogens is 2. The number of nitrogens with one attached hydrogen (secondary N) is 1. The van der Waals surface area contributed by atoms with E-state index in [-0.39, 0.29) is 29.9 Å². The number of likely N-dealkylation sites (tertiary alicyclic amines) is 1. The maximum Gasteiger partial charge on any atom is 0.335 e. The van der Waals surface area contributed by atoms with Gasteiger partial charge in [-0.05, 0) is 67.1 Å². The lowest BCUT2D eigenvalue weighted by Crippen LogP contribution is -2.53. The van der Waals surface area contributed by atoms with Crippen LogP contribution < -0.4 is 9.64 Å². The molecule has 2 fully saturated rings. The Morgan fingerprint density at radius 3 is 2.64 bits per heavy atom. The number of carbonyl (C=O) groups is 1. The highest BCUT2D eigenvalue weighted by Crippen LogP contribution is 2.61. The third-order valence-electron chi connectivity index (χ3n) is 8.07. The van der Waals surface area contributed by atoms with Gasteiger partial charge in [0, 0.05) is 67.9 Å². The number of piperidine rings is 1. The van der Waals surface area contributed by atoms with Gasteiger partial charge in [0.2, 0.25) is 5.92 Å². The molecule has 8 heteroatoms. The molecule has 1 unspecified atom stereocenters. The fraction of sp³-hybridized carbons (Fsp3) is 0.464. The van der Waals surface area contributed by atoms with E-state index in [1.54, 1.807) is 19.2 Å². The van der Waals surface area contributed by atoms with Gasteiger partial charge in [-0.25, -0.2) is 13.6 Å². The number of alkyl halides is 2. The highest BCUT2D eigenvalue weighted by molar-refractivity contribution is 5.89. The molecule has 2 N–H and O–H groups in total. The molecule has 5 rings (SSSR count). The van der Waals surface area contributed by atoms with Crippen molar-refractivity contribution in [1.82, 2.24) is 9.88 Å². The van der Waals surface area contributed by atoms with E-state index in [9.17, 15) is 18.7 Å². The van der Waals surface area contributed by atoms with Crippen LogP contribution in [0.25, 0.3) is 10.9 Å². The fourth-order valence-corrected chi connectivity index (χ4v) is 6.37. The SMILES string of the molecule is COc1cc(C)c2[nH]ccc2c1CN1CCC2(CC1c1ccc(C(=O)O)cc1N(C)C)CC(F)(F)C2. The van der Waals surface area contributed by atoms with Crippen molar-refractivity contribution in [3.63, 3.8) is 0 Å². The van der Waals surface area contributed by atoms with E-state index in [2.05, 4.69) is 16.0 Å². The maximum atomic E-state index is 14.1. The zero-order chi connectivity index (χ0) is 25.8. The summed E-state index contributed by atoms with van der Waals surface area (Å²) in [6.07, 6.45) is 3.10. The number of anilines is 1. The molecule has 6 nitrogen and oxygen atoms in total. The maximum absolute atomic E-state index is 14.1. The van der Waals surface area contributed by atoms with E-state index < -0.39 is 11.9 Å². The Bertz CT molecular complexity index is 1310. The van der Waals surface area contributed by atoms with Gasteiger partial charge in [0.25, 0.3) is 0 Å². The normalized spacial score (nSPS) is 20.9. The Morgan fingerprint density at radius 1 is 1.25 bits per heavy atom. The van der Waals surface area contributed by atoms with Gasteiger partial charge in [-0.3, -0.25) is 4.90 Å². The second-order valence-electron chi connectivity index (χ2n) is 10.8. The minimum Gasteiger partial charge on any atom is -0.496 e. The van der Waals surface area contributed by atoms with Crippen LogP contribution in [0.4, 0.5) is 14.5 Å². The number of fused-ring (bicyclic) bond motifs is 1. The lowest BCUT2D eigenvalue weighted by atomic mass is 9.58. The molecular formula is C28H33F2N3O3. The average molecular weight is 498 g/mol. The summed E-state index contributed by atoms with van der Waals surface area (Å²) in [4.78, 5) is 19.2. The van der Waals surface area contributed by atoms with Crippen LogP contribution >= 0.6 is 0 Å². The molecule has 1 aliphatic heterocycles. The minimum absolute atomic E-state index is 0.0786. The molecule has 0 radical (unpaired) electrons. The van der Waals surface area contributed by atoms with E-state index in [1.165, 1.54) is 0 Å². The molecule has 1 saturated heterocycles. The predicted octanol–water partition coefficient (Wildman–Crippen LogP) is 6.00. The zero-order valence-electron chi connectivity index (χ0n) is 21.2. The van der Waals surface area contributed by atoms with Gasteiger partial charge in [-0.2, -0.15) is 0 Å². The number of aromatic nitrogens is 1. The number of benzene rings is 2. The van der Waals surface area contributed by atoms with E-state index in [4.69, 9.17) is 4.74 Å². The van der Waals surface area contributed by atoms with E-state index >= 15 is 0 Å². The first-order valence-electron chi connectivity index (χ1n) is 12.3. The summed E-state index contributed by atoms with van der Waals surface area (Å²) in [6.45, 7) is 3.32. The van der Waals surface area contributed by atoms with E-state index in [0.717, 1.165) is 39.0 Å². The summed E-state index contributed by atoms with van der Waals surface area (Å²) in [6, 6.07) is 9.13. The van der Waals surface area contributed by atoms with Gasteiger partial charge in [0.1, 0.15) is 5.75 Å². The Morgan fingerprint density at radius 2 is 2.00 bits per heavy atom. The van der Waals surface area contributed by atoms with Crippen molar-refractivity contribution in [3.8, 4) is 5.75 Å². The van der Waals surface area contributed by atoms with Crippen LogP contribution in [0, 0.1) is 12.3 Å². The van der Waals surface area contributed by atoms with Crippen molar-refractivity contribution in [2.24, 2.45) is 5.41 Å². The van der Waals surface area contributed by atoms with E-state index in [0.29, 0.717) is 25.9 Å². The predicted molar refractivity (Wildman–Crippen MR) is 136 cm³/mol. The number of hydrogen-bond donors (Lipinski definition) is 2. The highest BCUT2D eigenvalue weighted by Gasteiger charge is 2.58. The first-order valence-corrected chi connectivity index (χ1v) is 12.3. The number of hydrogen-bond acceptors (Lipinski definition) is 4. The van der Waals surface area contributed by atoms with Crippen LogP contribution in [0.5, 0.6) is 5.75 Å². The lowest BCUT2D eigenvalue weighted by Gasteiger charge is -2.55. The van der Waals surface area contributed by atoms with Crippen molar-refractivity contribution in [3.05, 3.63) is 58.8 Å². The number of aryl methyl sites for hydroxylation is 1. The highest BCUT2D eigenvalue weighted by atomic mass is 19.3. The quantitative estimate of drug-likeness (QED) is 0.437. The van der Waals surface area contributed by atoms with Crippen LogP contribution in [0.15, 0.2) is 36.5 Å². The van der Waals surface area contributed by atoms with Gasteiger partial charge in [0.15, 0.2) is 0 Å². The van der Waals surface area contributed by atoms with Crippen molar-refractivity contribution in [2.75, 3.05) is 32.6 Å². The molecule has 1 spiro atoms. The number of carboxylic acids is 1. The topological polar surface area (TPSA) is 68.8 Å². The molecule has 1 aliphatic carbocycles. The monoisotopic (exact) mass is 497 g/mol. The molecule has 36 heavy (non-hydrogen) atoms. The summed E-state index contributed by atoms with van der Waals surface area (Å²) < 4.78 is 33.9. The molecule has 2 heterocycles. The smallest absolute Gasteiger partial charge is 0.335 e. The summed E-state index contributed by atoms with van der Waals surface area (Å²) in [5.41, 5.74) is 4.82. The van der Waals surface area contributed by atoms with Crippen molar-refractivity contribution in [2.45, 2.75) is 51.1 Å². The van der Waals surface area contributed by atoms with Crippen LogP contribution in [-0.4, -0.2) is 54.6 Å². The average Bonchev–Trinajstić information content (AvgIpc) is 3.30. The van der Waals surface area contributed by atoms with Crippen LogP contribution in [0.3, 0.4) is 0 Å². The summed E-state index contributed by atoms with van der Waals surface area (Å²) in [5.74, 6) is -2.77. The second-order valence-corrected chi connectivity index (χ2v) is 10.8. The summed E-state index contributed by atoms with van der Waals surface area (Å²) >= 11 is 0. The van der Waals surface area contributed by atoms with Crippen LogP contribution in [0.2, 0.25) is 0 Å². The third-order valence-corrected chi connectivity index (χ3v) is 8.07. The molecule has 1 atom stereocenters. The van der Waals surface area contributed by atoms with Gasteiger partial charge >= 0.3 is 5.97 Å². The second kappa shape index (κ2) is 8.76. The standard InChI is InChI=1S/C28H33F2N3O3/c1-17-11-24(36-4)21(19-7-9-31-25(17)19)14-33-10-8-27(15-28(29,30)16-27)13-23(33)20-6-5-18(26(34)35)12-22(20)32(2)3/h5-7,9,11-12,23,31H,8,10,13-16H2,1-4H3,(H,34,35). The first kappa shape index (κ1) is 24.6. The number of H-pyrrole nitrogens is 1. The minimum atomic E-state index is -2.60. The molecule has 2 aromatic carbocycles. The molecule has 0 bridgehead atoms. The van der Waals surface area contributed by atoms with Gasteiger partial charge in [0.05, 0.1) is 12.7 Å². The van der Waals surface area contributed by atoms with Crippen molar-refractivity contribution >= 4 is 22.6 Å². The van der Waals surface area contributed by atoms with Crippen LogP contribution in [0.1, 0.15) is 58.8 Å². The largest absolute Gasteiger partial charge is 0.496 e. The number of nitrogens with zero attached hydrogens (tertiary/aromatic N) is 2. The Hall–Kier alpha value is -3.13. The number of carboxylic acid groups (broad SMARTS) is 1. The lowest BCUT2D eigenvalue weighted by molar-refractivity contribution is -0.186. The molecule has 192 valence electrons. The molecular weight excluding hydrogens is 464 g/mol. The number of aromatic amines is 1. The molecule has 3 aromatic rings. The number of aromatic carboxylic acids is 1. The summed E-state index contributed by atoms with van der Waals surface area (Å²) in [5, 5.41) is 10.7. The molecule has 2 aliphatic rings. The Kier molecular flexibility index (Phi) is 5.98. The first-order chi connectivity index (χ1) is 17.0. The van der Waals surface area contributed by atoms with E-state index in [1.807, 2.05) is 44.2 Å². The van der Waals surface area contributed by atoms with Gasteiger partial charge in [-0.1, -0.05) is 6.07 Å². The Balaban J connectivity index is 1.58. The number of methoxy groups -OCH3 is 1. The Labute approximate surface area is 209 Å². The summed E-state index contributed by atoms with van der Waals surface area (Å²) in [7, 11) is 5.44. The van der Waals surface area contributed by atoms with Gasteiger partial charge in [-0.15, -0.1) is 0 Å². The zero-order valence-corrected chi connectivity index (χ0v) is 21.2. The fourth-order valence-electron chi connectivity index (χ4n) is 6.37. The van der Waals surface area contributed by atoms with Crippen molar-refractivity contribution in [1.29, 1.82) is 0 Å². The number of rotatable bonds is 6. The molecule has 1 saturated carbocycles. The van der Waals surface area contributed by atoms with Gasteiger partial charge < -0.3 is 19.7 Å².